The Balaban J connectivity index is 1.70. The van der Waals surface area contributed by atoms with Gasteiger partial charge in [-0.15, -0.1) is 10.2 Å². The molecule has 25 heavy (non-hydrogen) atoms. The molecule has 1 N–H and O–H groups in total. The molecule has 0 radical (unpaired) electrons. The van der Waals surface area contributed by atoms with Gasteiger partial charge in [0.1, 0.15) is 5.01 Å². The van der Waals surface area contributed by atoms with Crippen molar-refractivity contribution in [2.75, 3.05) is 5.32 Å². The van der Waals surface area contributed by atoms with Crippen molar-refractivity contribution in [3.8, 4) is 0 Å². The number of amides is 1. The van der Waals surface area contributed by atoms with E-state index in [4.69, 9.17) is 0 Å². The average Bonchev–Trinajstić information content (AvgIpc) is 3.21. The fourth-order valence-electron chi connectivity index (χ4n) is 2.54. The van der Waals surface area contributed by atoms with E-state index in [1.54, 1.807) is 18.5 Å². The first-order chi connectivity index (χ1) is 12.1. The average molecular weight is 358 g/mol. The van der Waals surface area contributed by atoms with Crippen LogP contribution in [0.15, 0.2) is 18.5 Å². The molecule has 8 heteroatoms. The summed E-state index contributed by atoms with van der Waals surface area (Å²) in [5.41, 5.74) is 1.26. The molecule has 0 bridgehead atoms. The molecule has 0 saturated carbocycles. The molecule has 3 rings (SSSR count). The van der Waals surface area contributed by atoms with Gasteiger partial charge in [0.15, 0.2) is 5.65 Å². The quantitative estimate of drug-likeness (QED) is 0.648. The van der Waals surface area contributed by atoms with E-state index in [1.807, 2.05) is 18.5 Å². The van der Waals surface area contributed by atoms with Crippen molar-refractivity contribution in [3.05, 3.63) is 29.0 Å². The first kappa shape index (κ1) is 17.5. The van der Waals surface area contributed by atoms with E-state index in [9.17, 15) is 4.79 Å². The third-order valence-electron chi connectivity index (χ3n) is 3.87. The molecule has 1 amide bonds. The summed E-state index contributed by atoms with van der Waals surface area (Å²) in [7, 11) is 0. The predicted molar refractivity (Wildman–Crippen MR) is 99.0 cm³/mol. The molecule has 0 unspecified atom stereocenters. The molecule has 0 aliphatic carbocycles. The maximum atomic E-state index is 12.4. The largest absolute Gasteiger partial charge is 0.296 e. The number of aryl methyl sites for hydroxylation is 1. The summed E-state index contributed by atoms with van der Waals surface area (Å²) in [6.07, 6.45) is 7.66. The van der Waals surface area contributed by atoms with Crippen LogP contribution < -0.4 is 5.32 Å². The molecule has 0 atom stereocenters. The van der Waals surface area contributed by atoms with E-state index in [-0.39, 0.29) is 11.9 Å². The van der Waals surface area contributed by atoms with Crippen molar-refractivity contribution in [2.45, 2.75) is 52.5 Å². The van der Waals surface area contributed by atoms with Gasteiger partial charge in [-0.2, -0.15) is 5.10 Å². The third kappa shape index (κ3) is 4.01. The van der Waals surface area contributed by atoms with Gasteiger partial charge in [-0.05, 0) is 26.3 Å². The number of carbonyl (C=O) groups is 1. The highest BCUT2D eigenvalue weighted by Gasteiger charge is 2.14. The minimum Gasteiger partial charge on any atom is -0.296 e. The van der Waals surface area contributed by atoms with Gasteiger partial charge < -0.3 is 0 Å². The summed E-state index contributed by atoms with van der Waals surface area (Å²) in [4.78, 5) is 16.8. The Hall–Kier alpha value is -2.35. The molecule has 3 aromatic heterocycles. The van der Waals surface area contributed by atoms with Crippen molar-refractivity contribution in [3.63, 3.8) is 0 Å². The van der Waals surface area contributed by atoms with Crippen LogP contribution in [0.5, 0.6) is 0 Å². The van der Waals surface area contributed by atoms with Gasteiger partial charge in [0, 0.05) is 24.0 Å². The molecule has 7 nitrogen and oxygen atoms in total. The lowest BCUT2D eigenvalue weighted by Gasteiger charge is -2.06. The normalized spacial score (nSPS) is 11.4. The standard InChI is InChI=1S/C17H22N6OS/c1-4-5-6-7-14-21-22-17(25-14)20-16(24)13-8-12-10-19-23(11(2)3)15(12)18-9-13/h8-11H,4-7H2,1-3H3,(H,20,22,24). The van der Waals surface area contributed by atoms with Crippen LogP contribution in [0.2, 0.25) is 0 Å². The molecule has 0 aromatic carbocycles. The number of pyridine rings is 1. The van der Waals surface area contributed by atoms with Gasteiger partial charge in [-0.3, -0.25) is 10.1 Å². The Morgan fingerprint density at radius 2 is 2.12 bits per heavy atom. The number of hydrogen-bond acceptors (Lipinski definition) is 6. The highest BCUT2D eigenvalue weighted by atomic mass is 32.1. The van der Waals surface area contributed by atoms with Crippen LogP contribution in [0.4, 0.5) is 5.13 Å². The summed E-state index contributed by atoms with van der Waals surface area (Å²) < 4.78 is 1.84. The second-order valence-electron chi connectivity index (χ2n) is 6.23. The van der Waals surface area contributed by atoms with Gasteiger partial charge in [0.2, 0.25) is 5.13 Å². The fraction of sp³-hybridized carbons (Fsp3) is 0.471. The number of nitrogens with one attached hydrogen (secondary N) is 1. The highest BCUT2D eigenvalue weighted by Crippen LogP contribution is 2.20. The minimum absolute atomic E-state index is 0.220. The monoisotopic (exact) mass is 358 g/mol. The first-order valence-corrected chi connectivity index (χ1v) is 9.37. The van der Waals surface area contributed by atoms with E-state index >= 15 is 0 Å². The predicted octanol–water partition coefficient (Wildman–Crippen LogP) is 3.85. The zero-order valence-corrected chi connectivity index (χ0v) is 15.5. The minimum atomic E-state index is -0.233. The highest BCUT2D eigenvalue weighted by molar-refractivity contribution is 7.15. The van der Waals surface area contributed by atoms with Crippen LogP contribution in [0.3, 0.4) is 0 Å². The van der Waals surface area contributed by atoms with E-state index in [0.717, 1.165) is 28.9 Å². The zero-order chi connectivity index (χ0) is 17.8. The second kappa shape index (κ2) is 7.69. The number of unbranched alkanes of at least 4 members (excludes halogenated alkanes) is 2. The van der Waals surface area contributed by atoms with E-state index in [1.165, 1.54) is 24.2 Å². The lowest BCUT2D eigenvalue weighted by molar-refractivity contribution is 0.102. The Labute approximate surface area is 150 Å². The summed E-state index contributed by atoms with van der Waals surface area (Å²) in [6, 6.07) is 2.02. The Bertz CT molecular complexity index is 869. The number of fused-ring (bicyclic) bond motifs is 1. The van der Waals surface area contributed by atoms with Gasteiger partial charge in [-0.25, -0.2) is 9.67 Å². The number of rotatable bonds is 7. The van der Waals surface area contributed by atoms with Crippen molar-refractivity contribution in [1.29, 1.82) is 0 Å². The SMILES string of the molecule is CCCCCc1nnc(NC(=O)c2cnc3c(cnn3C(C)C)c2)s1. The van der Waals surface area contributed by atoms with Crippen LogP contribution in [-0.4, -0.2) is 30.9 Å². The molecule has 3 heterocycles. The van der Waals surface area contributed by atoms with E-state index in [0.29, 0.717) is 10.7 Å². The molecule has 0 aliphatic heterocycles. The van der Waals surface area contributed by atoms with E-state index < -0.39 is 0 Å². The number of aromatic nitrogens is 5. The molecule has 0 fully saturated rings. The summed E-state index contributed by atoms with van der Waals surface area (Å²) in [5, 5.41) is 17.6. The number of hydrogen-bond donors (Lipinski definition) is 1. The molecule has 132 valence electrons. The summed E-state index contributed by atoms with van der Waals surface area (Å²) >= 11 is 1.43. The van der Waals surface area contributed by atoms with Gasteiger partial charge >= 0.3 is 0 Å². The van der Waals surface area contributed by atoms with Crippen molar-refractivity contribution >= 4 is 33.4 Å². The molecule has 3 aromatic rings. The molecule has 0 saturated heterocycles. The lowest BCUT2D eigenvalue weighted by Crippen LogP contribution is -2.12. The van der Waals surface area contributed by atoms with Crippen LogP contribution in [-0.2, 0) is 6.42 Å². The molecule has 0 aliphatic rings. The lowest BCUT2D eigenvalue weighted by atomic mass is 10.2. The third-order valence-corrected chi connectivity index (χ3v) is 4.76. The number of carbonyl (C=O) groups excluding carboxylic acids is 1. The number of nitrogens with zero attached hydrogens (tertiary/aromatic N) is 5. The van der Waals surface area contributed by atoms with Crippen LogP contribution in [0.25, 0.3) is 11.0 Å². The summed E-state index contributed by atoms with van der Waals surface area (Å²) in [5.74, 6) is -0.233. The molecular formula is C17H22N6OS. The Kier molecular flexibility index (Phi) is 5.37. The topological polar surface area (TPSA) is 85.6 Å². The number of anilines is 1. The first-order valence-electron chi connectivity index (χ1n) is 8.55. The fourth-order valence-corrected chi connectivity index (χ4v) is 3.32. The van der Waals surface area contributed by atoms with Gasteiger partial charge in [-0.1, -0.05) is 31.1 Å². The Morgan fingerprint density at radius 1 is 1.28 bits per heavy atom. The van der Waals surface area contributed by atoms with Crippen molar-refractivity contribution < 1.29 is 4.79 Å². The Morgan fingerprint density at radius 3 is 2.88 bits per heavy atom. The van der Waals surface area contributed by atoms with Crippen molar-refractivity contribution in [1.82, 2.24) is 25.0 Å². The second-order valence-corrected chi connectivity index (χ2v) is 7.29. The maximum absolute atomic E-state index is 12.4. The van der Waals surface area contributed by atoms with Gasteiger partial charge in [0.05, 0.1) is 11.8 Å². The maximum Gasteiger partial charge on any atom is 0.259 e. The summed E-state index contributed by atoms with van der Waals surface area (Å²) in [6.45, 7) is 6.26. The van der Waals surface area contributed by atoms with Crippen LogP contribution >= 0.6 is 11.3 Å². The smallest absolute Gasteiger partial charge is 0.259 e. The van der Waals surface area contributed by atoms with Gasteiger partial charge in [0.25, 0.3) is 5.91 Å². The molecular weight excluding hydrogens is 336 g/mol. The molecule has 0 spiro atoms. The zero-order valence-electron chi connectivity index (χ0n) is 14.7. The van der Waals surface area contributed by atoms with Crippen molar-refractivity contribution in [2.24, 2.45) is 0 Å². The van der Waals surface area contributed by atoms with Crippen LogP contribution in [0.1, 0.15) is 61.4 Å². The van der Waals surface area contributed by atoms with Crippen LogP contribution in [0, 0.1) is 0 Å². The van der Waals surface area contributed by atoms with E-state index in [2.05, 4.69) is 32.5 Å².